The molecule has 1 unspecified atom stereocenters. The summed E-state index contributed by atoms with van der Waals surface area (Å²) in [5.41, 5.74) is 6.75. The van der Waals surface area contributed by atoms with Gasteiger partial charge in [-0.3, -0.25) is 4.79 Å². The molecule has 0 bridgehead atoms. The normalized spacial score (nSPS) is 11.8. The van der Waals surface area contributed by atoms with Gasteiger partial charge in [0.2, 0.25) is 5.95 Å². The van der Waals surface area contributed by atoms with Crippen LogP contribution in [0.2, 0.25) is 0 Å². The van der Waals surface area contributed by atoms with Crippen molar-refractivity contribution in [2.75, 3.05) is 24.3 Å². The molecule has 9 nitrogen and oxygen atoms in total. The molecule has 192 valence electrons. The van der Waals surface area contributed by atoms with E-state index in [1.807, 2.05) is 44.2 Å². The Kier molecular flexibility index (Phi) is 6.99. The topological polar surface area (TPSA) is 115 Å². The van der Waals surface area contributed by atoms with Crippen molar-refractivity contribution in [3.05, 3.63) is 84.1 Å². The molecule has 2 aromatic carbocycles. The van der Waals surface area contributed by atoms with E-state index in [0.717, 1.165) is 50.3 Å². The first-order valence-electron chi connectivity index (χ1n) is 12.2. The number of aromatic nitrogens is 4. The molecular weight excluding hydrogens is 480 g/mol. The predicted octanol–water partition coefficient (Wildman–Crippen LogP) is 5.72. The van der Waals surface area contributed by atoms with E-state index in [1.165, 1.54) is 7.11 Å². The van der Waals surface area contributed by atoms with Crippen molar-refractivity contribution < 1.29 is 13.9 Å². The van der Waals surface area contributed by atoms with E-state index in [1.54, 1.807) is 18.7 Å². The maximum atomic E-state index is 11.3. The third-order valence-corrected chi connectivity index (χ3v) is 6.26. The Morgan fingerprint density at radius 1 is 1.00 bits per heavy atom. The quantitative estimate of drug-likeness (QED) is 0.254. The molecule has 0 aliphatic heterocycles. The van der Waals surface area contributed by atoms with Crippen molar-refractivity contribution in [3.63, 3.8) is 0 Å². The number of esters is 1. The number of fused-ring (bicyclic) bond motifs is 1. The molecule has 5 rings (SSSR count). The van der Waals surface area contributed by atoms with E-state index in [-0.39, 0.29) is 18.6 Å². The van der Waals surface area contributed by atoms with Gasteiger partial charge in [0.15, 0.2) is 0 Å². The van der Waals surface area contributed by atoms with Gasteiger partial charge < -0.3 is 19.8 Å². The molecule has 0 saturated heterocycles. The fourth-order valence-corrected chi connectivity index (χ4v) is 4.19. The van der Waals surface area contributed by atoms with Crippen LogP contribution in [0, 0.1) is 13.8 Å². The van der Waals surface area contributed by atoms with Gasteiger partial charge in [0, 0.05) is 41.0 Å². The minimum atomic E-state index is -0.382. The SMILES string of the molecule is COC(=O)CNc1ncc(-c2cccc(C(C)Nc3cc(-c4ccc5occ(C)c5c4)nc(C)n3)c2)cn1. The summed E-state index contributed by atoms with van der Waals surface area (Å²) in [6, 6.07) is 16.2. The van der Waals surface area contributed by atoms with Crippen LogP contribution in [0.4, 0.5) is 11.8 Å². The Balaban J connectivity index is 1.33. The number of carbonyl (C=O) groups is 1. The van der Waals surface area contributed by atoms with Crippen molar-refractivity contribution in [2.24, 2.45) is 0 Å². The maximum Gasteiger partial charge on any atom is 0.325 e. The number of nitrogens with one attached hydrogen (secondary N) is 2. The lowest BCUT2D eigenvalue weighted by Crippen LogP contribution is -2.16. The van der Waals surface area contributed by atoms with Gasteiger partial charge in [-0.25, -0.2) is 19.9 Å². The number of nitrogens with zero attached hydrogens (tertiary/aromatic N) is 4. The number of anilines is 2. The minimum absolute atomic E-state index is 0.0102. The van der Waals surface area contributed by atoms with E-state index in [0.29, 0.717) is 11.8 Å². The average Bonchev–Trinajstić information content (AvgIpc) is 3.31. The summed E-state index contributed by atoms with van der Waals surface area (Å²) >= 11 is 0. The monoisotopic (exact) mass is 508 g/mol. The summed E-state index contributed by atoms with van der Waals surface area (Å²) in [5, 5.41) is 7.44. The van der Waals surface area contributed by atoms with Crippen LogP contribution in [0.1, 0.15) is 29.9 Å². The molecule has 3 heterocycles. The zero-order chi connectivity index (χ0) is 26.6. The number of methoxy groups -OCH3 is 1. The second-order valence-electron chi connectivity index (χ2n) is 9.03. The van der Waals surface area contributed by atoms with Crippen molar-refractivity contribution in [3.8, 4) is 22.4 Å². The van der Waals surface area contributed by atoms with Gasteiger partial charge in [0.1, 0.15) is 23.8 Å². The third-order valence-electron chi connectivity index (χ3n) is 6.26. The third kappa shape index (κ3) is 5.46. The molecule has 0 spiro atoms. The molecule has 0 fully saturated rings. The minimum Gasteiger partial charge on any atom is -0.468 e. The molecule has 0 aliphatic carbocycles. The highest BCUT2D eigenvalue weighted by Gasteiger charge is 2.12. The Bertz CT molecular complexity index is 1600. The summed E-state index contributed by atoms with van der Waals surface area (Å²) in [4.78, 5) is 29.2. The van der Waals surface area contributed by atoms with Crippen molar-refractivity contribution >= 4 is 28.7 Å². The maximum absolute atomic E-state index is 11.3. The Morgan fingerprint density at radius 3 is 2.61 bits per heavy atom. The smallest absolute Gasteiger partial charge is 0.325 e. The number of carbonyl (C=O) groups excluding carboxylic acids is 1. The molecule has 3 aromatic heterocycles. The largest absolute Gasteiger partial charge is 0.468 e. The molecule has 0 aliphatic rings. The summed E-state index contributed by atoms with van der Waals surface area (Å²) in [6.07, 6.45) is 5.22. The van der Waals surface area contributed by atoms with E-state index in [2.05, 4.69) is 60.4 Å². The van der Waals surface area contributed by atoms with Crippen LogP contribution in [-0.4, -0.2) is 39.6 Å². The van der Waals surface area contributed by atoms with Crippen molar-refractivity contribution in [1.82, 2.24) is 19.9 Å². The summed E-state index contributed by atoms with van der Waals surface area (Å²) < 4.78 is 10.2. The Morgan fingerprint density at radius 2 is 1.82 bits per heavy atom. The lowest BCUT2D eigenvalue weighted by Gasteiger charge is -2.17. The fourth-order valence-electron chi connectivity index (χ4n) is 4.19. The fraction of sp³-hybridized carbons (Fsp3) is 0.207. The number of rotatable bonds is 8. The molecule has 0 radical (unpaired) electrons. The molecular formula is C29H28N6O3. The molecule has 1 atom stereocenters. The van der Waals surface area contributed by atoms with Gasteiger partial charge in [0.05, 0.1) is 19.1 Å². The molecule has 38 heavy (non-hydrogen) atoms. The number of hydrogen-bond donors (Lipinski definition) is 2. The Hall–Kier alpha value is -4.79. The van der Waals surface area contributed by atoms with Gasteiger partial charge in [-0.15, -0.1) is 0 Å². The number of furan rings is 1. The number of aryl methyl sites for hydroxylation is 2. The Labute approximate surface area is 220 Å². The summed E-state index contributed by atoms with van der Waals surface area (Å²) in [7, 11) is 1.34. The molecule has 5 aromatic rings. The van der Waals surface area contributed by atoms with Crippen LogP contribution in [0.15, 0.2) is 71.6 Å². The molecule has 0 amide bonds. The van der Waals surface area contributed by atoms with E-state index in [9.17, 15) is 4.79 Å². The lowest BCUT2D eigenvalue weighted by molar-refractivity contribution is -0.138. The molecule has 2 N–H and O–H groups in total. The van der Waals surface area contributed by atoms with Crippen molar-refractivity contribution in [1.29, 1.82) is 0 Å². The first-order chi connectivity index (χ1) is 18.4. The molecule has 9 heteroatoms. The van der Waals surface area contributed by atoms with Crippen LogP contribution in [0.5, 0.6) is 0 Å². The zero-order valence-corrected chi connectivity index (χ0v) is 21.6. The molecule has 0 saturated carbocycles. The highest BCUT2D eigenvalue weighted by atomic mass is 16.5. The zero-order valence-electron chi connectivity index (χ0n) is 21.6. The summed E-state index contributed by atoms with van der Waals surface area (Å²) in [6.45, 7) is 6.03. The number of ether oxygens (including phenoxy) is 1. The van der Waals surface area contributed by atoms with Crippen LogP contribution in [0.3, 0.4) is 0 Å². The van der Waals surface area contributed by atoms with E-state index >= 15 is 0 Å². The van der Waals surface area contributed by atoms with Gasteiger partial charge in [-0.2, -0.15) is 0 Å². The van der Waals surface area contributed by atoms with Gasteiger partial charge in [-0.05, 0) is 61.7 Å². The summed E-state index contributed by atoms with van der Waals surface area (Å²) in [5.74, 6) is 1.42. The van der Waals surface area contributed by atoms with Gasteiger partial charge in [-0.1, -0.05) is 18.2 Å². The van der Waals surface area contributed by atoms with Crippen LogP contribution < -0.4 is 10.6 Å². The number of benzene rings is 2. The lowest BCUT2D eigenvalue weighted by atomic mass is 10.0. The number of hydrogen-bond acceptors (Lipinski definition) is 9. The van der Waals surface area contributed by atoms with Gasteiger partial charge in [0.25, 0.3) is 0 Å². The highest BCUT2D eigenvalue weighted by molar-refractivity contribution is 5.85. The average molecular weight is 509 g/mol. The van der Waals surface area contributed by atoms with E-state index in [4.69, 9.17) is 4.42 Å². The highest BCUT2D eigenvalue weighted by Crippen LogP contribution is 2.29. The predicted molar refractivity (Wildman–Crippen MR) is 147 cm³/mol. The van der Waals surface area contributed by atoms with E-state index < -0.39 is 0 Å². The second kappa shape index (κ2) is 10.7. The van der Waals surface area contributed by atoms with Crippen LogP contribution >= 0.6 is 0 Å². The van der Waals surface area contributed by atoms with Crippen molar-refractivity contribution in [2.45, 2.75) is 26.8 Å². The first kappa shape index (κ1) is 24.9. The van der Waals surface area contributed by atoms with Gasteiger partial charge >= 0.3 is 5.97 Å². The second-order valence-corrected chi connectivity index (χ2v) is 9.03. The van der Waals surface area contributed by atoms with Crippen LogP contribution in [0.25, 0.3) is 33.4 Å². The first-order valence-corrected chi connectivity index (χ1v) is 12.2. The van der Waals surface area contributed by atoms with Crippen LogP contribution in [-0.2, 0) is 9.53 Å². The standard InChI is InChI=1S/C29H28N6O3/c1-17-16-38-26-9-8-22(11-24(17)26)25-12-27(35-19(3)34-25)33-18(2)20-6-5-7-21(10-20)23-13-30-29(31-14-23)32-15-28(36)37-4/h5-14,16,18H,15H2,1-4H3,(H,30,31,32)(H,33,34,35).